The Labute approximate surface area is 158 Å². The molecule has 0 fully saturated rings. The molecule has 3 nitrogen and oxygen atoms in total. The maximum atomic E-state index is 12.2. The molecule has 0 aliphatic rings. The molecule has 0 aliphatic heterocycles. The van der Waals surface area contributed by atoms with Crippen LogP contribution in [0.1, 0.15) is 49.4 Å². The van der Waals surface area contributed by atoms with Crippen LogP contribution in [-0.4, -0.2) is 12.6 Å². The van der Waals surface area contributed by atoms with E-state index in [9.17, 15) is 4.79 Å². The molecular weight excluding hydrogens is 359 g/mol. The van der Waals surface area contributed by atoms with Gasteiger partial charge in [0.15, 0.2) is 0 Å². The van der Waals surface area contributed by atoms with Crippen molar-refractivity contribution in [3.05, 3.63) is 58.1 Å². The molecular formula is C20H22Cl2O3. The van der Waals surface area contributed by atoms with Crippen LogP contribution in [-0.2, 0) is 0 Å². The second-order valence-corrected chi connectivity index (χ2v) is 6.59. The molecule has 0 spiro atoms. The number of unbranched alkanes of at least 4 members (excludes halogenated alkanes) is 4. The van der Waals surface area contributed by atoms with Crippen LogP contribution >= 0.6 is 23.2 Å². The van der Waals surface area contributed by atoms with E-state index in [1.165, 1.54) is 31.7 Å². The number of hydrogen-bond donors (Lipinski definition) is 0. The van der Waals surface area contributed by atoms with E-state index in [1.54, 1.807) is 36.4 Å². The molecule has 25 heavy (non-hydrogen) atoms. The molecule has 0 saturated heterocycles. The van der Waals surface area contributed by atoms with Crippen molar-refractivity contribution >= 4 is 29.2 Å². The lowest BCUT2D eigenvalue weighted by Gasteiger charge is -2.08. The monoisotopic (exact) mass is 380 g/mol. The molecule has 0 unspecified atom stereocenters. The highest BCUT2D eigenvalue weighted by Crippen LogP contribution is 2.28. The van der Waals surface area contributed by atoms with E-state index in [4.69, 9.17) is 32.7 Å². The van der Waals surface area contributed by atoms with E-state index < -0.39 is 5.97 Å². The molecule has 0 aliphatic carbocycles. The minimum atomic E-state index is -0.477. The van der Waals surface area contributed by atoms with Gasteiger partial charge in [0.25, 0.3) is 0 Å². The number of carbonyl (C=O) groups is 1. The Morgan fingerprint density at radius 3 is 2.36 bits per heavy atom. The van der Waals surface area contributed by atoms with E-state index in [0.717, 1.165) is 12.2 Å². The molecule has 2 rings (SSSR count). The molecule has 0 amide bonds. The quantitative estimate of drug-likeness (QED) is 0.280. The Kier molecular flexibility index (Phi) is 8.10. The zero-order valence-electron chi connectivity index (χ0n) is 14.3. The van der Waals surface area contributed by atoms with E-state index in [2.05, 4.69) is 6.92 Å². The highest BCUT2D eigenvalue weighted by molar-refractivity contribution is 6.35. The van der Waals surface area contributed by atoms with Gasteiger partial charge in [0.1, 0.15) is 11.5 Å². The molecule has 0 bridgehead atoms. The largest absolute Gasteiger partial charge is 0.494 e. The highest BCUT2D eigenvalue weighted by atomic mass is 35.5. The van der Waals surface area contributed by atoms with Crippen molar-refractivity contribution in [2.24, 2.45) is 0 Å². The minimum Gasteiger partial charge on any atom is -0.494 e. The summed E-state index contributed by atoms with van der Waals surface area (Å²) >= 11 is 11.8. The van der Waals surface area contributed by atoms with Crippen LogP contribution in [0.25, 0.3) is 0 Å². The number of ether oxygens (including phenoxy) is 2. The molecule has 0 N–H and O–H groups in total. The summed E-state index contributed by atoms with van der Waals surface area (Å²) in [6, 6.07) is 11.6. The van der Waals surface area contributed by atoms with Crippen molar-refractivity contribution in [3.8, 4) is 11.5 Å². The lowest BCUT2D eigenvalue weighted by atomic mass is 10.2. The van der Waals surface area contributed by atoms with Crippen molar-refractivity contribution in [1.82, 2.24) is 0 Å². The van der Waals surface area contributed by atoms with Gasteiger partial charge in [0, 0.05) is 5.02 Å². The Morgan fingerprint density at radius 2 is 1.68 bits per heavy atom. The molecule has 5 heteroatoms. The van der Waals surface area contributed by atoms with Crippen molar-refractivity contribution in [2.75, 3.05) is 6.61 Å². The molecule has 2 aromatic rings. The molecule has 2 aromatic carbocycles. The Balaban J connectivity index is 1.83. The fraction of sp³-hybridized carbons (Fsp3) is 0.350. The summed E-state index contributed by atoms with van der Waals surface area (Å²) in [5.41, 5.74) is 0.432. The van der Waals surface area contributed by atoms with Gasteiger partial charge < -0.3 is 9.47 Å². The first-order chi connectivity index (χ1) is 12.1. The maximum Gasteiger partial charge on any atom is 0.343 e. The Bertz CT molecular complexity index is 684. The van der Waals surface area contributed by atoms with Crippen LogP contribution in [0.5, 0.6) is 11.5 Å². The number of halogens is 2. The predicted octanol–water partition coefficient (Wildman–Crippen LogP) is 6.56. The second-order valence-electron chi connectivity index (χ2n) is 5.75. The summed E-state index contributed by atoms with van der Waals surface area (Å²) < 4.78 is 11.0. The molecule has 0 saturated carbocycles. The number of benzene rings is 2. The third kappa shape index (κ3) is 6.60. The zero-order chi connectivity index (χ0) is 18.1. The second kappa shape index (κ2) is 10.3. The van der Waals surface area contributed by atoms with Crippen LogP contribution < -0.4 is 9.47 Å². The molecule has 0 atom stereocenters. The van der Waals surface area contributed by atoms with Gasteiger partial charge in [-0.3, -0.25) is 0 Å². The van der Waals surface area contributed by atoms with Gasteiger partial charge in [-0.1, -0.05) is 55.8 Å². The lowest BCUT2D eigenvalue weighted by molar-refractivity contribution is 0.0735. The molecule has 134 valence electrons. The number of carbonyl (C=O) groups excluding carboxylic acids is 1. The molecule has 0 radical (unpaired) electrons. The van der Waals surface area contributed by atoms with Gasteiger partial charge >= 0.3 is 5.97 Å². The third-order valence-corrected chi connectivity index (χ3v) is 4.23. The average Bonchev–Trinajstić information content (AvgIpc) is 2.61. The van der Waals surface area contributed by atoms with Crippen LogP contribution in [0.3, 0.4) is 0 Å². The first kappa shape index (κ1) is 19.6. The average molecular weight is 381 g/mol. The summed E-state index contributed by atoms with van der Waals surface area (Å²) in [6.45, 7) is 2.89. The van der Waals surface area contributed by atoms with Gasteiger partial charge in [-0.2, -0.15) is 0 Å². The highest BCUT2D eigenvalue weighted by Gasteiger charge is 2.11. The fourth-order valence-corrected chi connectivity index (χ4v) is 2.75. The first-order valence-electron chi connectivity index (χ1n) is 8.50. The van der Waals surface area contributed by atoms with E-state index in [1.807, 2.05) is 0 Å². The first-order valence-corrected chi connectivity index (χ1v) is 9.26. The Hall–Kier alpha value is -1.71. The van der Waals surface area contributed by atoms with Crippen molar-refractivity contribution in [2.45, 2.75) is 39.0 Å². The van der Waals surface area contributed by atoms with Crippen LogP contribution in [0.4, 0.5) is 0 Å². The van der Waals surface area contributed by atoms with Crippen LogP contribution in [0.2, 0.25) is 10.0 Å². The number of esters is 1. The van der Waals surface area contributed by atoms with Crippen molar-refractivity contribution < 1.29 is 14.3 Å². The summed E-state index contributed by atoms with van der Waals surface area (Å²) in [6.07, 6.45) is 5.98. The number of rotatable bonds is 9. The lowest BCUT2D eigenvalue weighted by Crippen LogP contribution is -2.08. The molecule has 0 heterocycles. The van der Waals surface area contributed by atoms with Gasteiger partial charge in [0.05, 0.1) is 17.2 Å². The van der Waals surface area contributed by atoms with E-state index in [-0.39, 0.29) is 5.75 Å². The smallest absolute Gasteiger partial charge is 0.343 e. The van der Waals surface area contributed by atoms with Gasteiger partial charge in [0.2, 0.25) is 0 Å². The van der Waals surface area contributed by atoms with E-state index >= 15 is 0 Å². The minimum absolute atomic E-state index is 0.281. The maximum absolute atomic E-state index is 12.2. The standard InChI is InChI=1S/C20H22Cl2O3/c1-2-3-4-5-6-13-24-17-10-7-15(8-11-17)20(23)25-19-12-9-16(21)14-18(19)22/h7-12,14H,2-6,13H2,1H3. The summed E-state index contributed by atoms with van der Waals surface area (Å²) in [5.74, 6) is 0.551. The van der Waals surface area contributed by atoms with Gasteiger partial charge in [-0.05, 0) is 48.9 Å². The van der Waals surface area contributed by atoms with Crippen molar-refractivity contribution in [1.29, 1.82) is 0 Å². The Morgan fingerprint density at radius 1 is 0.960 bits per heavy atom. The van der Waals surface area contributed by atoms with Crippen molar-refractivity contribution in [3.63, 3.8) is 0 Å². The van der Waals surface area contributed by atoms with Gasteiger partial charge in [-0.25, -0.2) is 4.79 Å². The third-order valence-electron chi connectivity index (χ3n) is 3.70. The van der Waals surface area contributed by atoms with E-state index in [0.29, 0.717) is 22.2 Å². The SMILES string of the molecule is CCCCCCCOc1ccc(C(=O)Oc2ccc(Cl)cc2Cl)cc1. The fourth-order valence-electron chi connectivity index (χ4n) is 2.30. The predicted molar refractivity (Wildman–Crippen MR) is 102 cm³/mol. The topological polar surface area (TPSA) is 35.5 Å². The molecule has 0 aromatic heterocycles. The summed E-state index contributed by atoms with van der Waals surface area (Å²) in [4.78, 5) is 12.2. The number of hydrogen-bond acceptors (Lipinski definition) is 3. The zero-order valence-corrected chi connectivity index (χ0v) is 15.8. The van der Waals surface area contributed by atoms with Crippen LogP contribution in [0.15, 0.2) is 42.5 Å². The summed E-state index contributed by atoms with van der Waals surface area (Å²) in [5, 5.41) is 0.782. The summed E-state index contributed by atoms with van der Waals surface area (Å²) in [7, 11) is 0. The normalized spacial score (nSPS) is 10.5. The van der Waals surface area contributed by atoms with Crippen LogP contribution in [0, 0.1) is 0 Å². The van der Waals surface area contributed by atoms with Gasteiger partial charge in [-0.15, -0.1) is 0 Å².